The van der Waals surface area contributed by atoms with Crippen LogP contribution in [0.3, 0.4) is 0 Å². The van der Waals surface area contributed by atoms with E-state index in [1.807, 2.05) is 11.0 Å². The van der Waals surface area contributed by atoms with Gasteiger partial charge in [-0.05, 0) is 35.6 Å². The number of carbonyl (C=O) groups excluding carboxylic acids is 1. The summed E-state index contributed by atoms with van der Waals surface area (Å²) in [4.78, 5) is 17.1. The summed E-state index contributed by atoms with van der Waals surface area (Å²) in [5.74, 6) is 0.405. The second-order valence-corrected chi connectivity index (χ2v) is 7.91. The van der Waals surface area contributed by atoms with Gasteiger partial charge in [0.15, 0.2) is 0 Å². The summed E-state index contributed by atoms with van der Waals surface area (Å²) >= 11 is 0. The molecular weight excluding hydrogens is 350 g/mol. The van der Waals surface area contributed by atoms with Crippen molar-refractivity contribution in [3.05, 3.63) is 54.6 Å². The molecule has 3 rings (SSSR count). The number of hydroxylamine groups is 1. The van der Waals surface area contributed by atoms with Gasteiger partial charge >= 0.3 is 0 Å². The summed E-state index contributed by atoms with van der Waals surface area (Å²) in [7, 11) is 0. The Labute approximate surface area is 167 Å². The molecule has 1 atom stereocenters. The van der Waals surface area contributed by atoms with Crippen molar-refractivity contribution in [3.63, 3.8) is 0 Å². The zero-order valence-electron chi connectivity index (χ0n) is 16.8. The number of benzene rings is 2. The predicted octanol–water partition coefficient (Wildman–Crippen LogP) is 3.64. The Hall–Kier alpha value is -2.37. The molecule has 28 heavy (non-hydrogen) atoms. The van der Waals surface area contributed by atoms with Gasteiger partial charge in [0.2, 0.25) is 5.91 Å². The second-order valence-electron chi connectivity index (χ2n) is 7.91. The molecule has 0 aliphatic carbocycles. The van der Waals surface area contributed by atoms with Crippen LogP contribution in [0.2, 0.25) is 0 Å². The van der Waals surface area contributed by atoms with Crippen LogP contribution in [-0.4, -0.2) is 48.7 Å². The molecule has 1 saturated heterocycles. The summed E-state index contributed by atoms with van der Waals surface area (Å²) < 4.78 is 0. The van der Waals surface area contributed by atoms with Crippen molar-refractivity contribution in [1.82, 2.24) is 10.4 Å². The average molecular weight is 382 g/mol. The molecule has 5 heteroatoms. The lowest BCUT2D eigenvalue weighted by Crippen LogP contribution is -2.51. The van der Waals surface area contributed by atoms with Crippen molar-refractivity contribution >= 4 is 11.6 Å². The van der Waals surface area contributed by atoms with Crippen molar-refractivity contribution in [2.24, 2.45) is 11.8 Å². The highest BCUT2D eigenvalue weighted by Crippen LogP contribution is 2.24. The van der Waals surface area contributed by atoms with Crippen LogP contribution in [0.25, 0.3) is 11.1 Å². The predicted molar refractivity (Wildman–Crippen MR) is 113 cm³/mol. The van der Waals surface area contributed by atoms with Crippen molar-refractivity contribution in [3.8, 4) is 11.1 Å². The van der Waals surface area contributed by atoms with Gasteiger partial charge in [0.05, 0.1) is 5.92 Å². The zero-order valence-corrected chi connectivity index (χ0v) is 16.8. The fraction of sp³-hybridized carbons (Fsp3) is 0.435. The quantitative estimate of drug-likeness (QED) is 0.719. The summed E-state index contributed by atoms with van der Waals surface area (Å²) in [6.07, 6.45) is 0.785. The highest BCUT2D eigenvalue weighted by Gasteiger charge is 2.27. The third-order valence-electron chi connectivity index (χ3n) is 5.37. The Bertz CT molecular complexity index is 738. The monoisotopic (exact) mass is 381 g/mol. The van der Waals surface area contributed by atoms with E-state index in [1.165, 1.54) is 16.8 Å². The van der Waals surface area contributed by atoms with Crippen LogP contribution in [0.4, 0.5) is 5.69 Å². The molecule has 0 unspecified atom stereocenters. The van der Waals surface area contributed by atoms with Crippen molar-refractivity contribution in [2.45, 2.75) is 20.3 Å². The fourth-order valence-electron chi connectivity index (χ4n) is 3.89. The van der Waals surface area contributed by atoms with Crippen molar-refractivity contribution in [1.29, 1.82) is 0 Å². The van der Waals surface area contributed by atoms with Gasteiger partial charge in [-0.1, -0.05) is 56.3 Å². The lowest BCUT2D eigenvalue weighted by molar-refractivity contribution is -0.137. The van der Waals surface area contributed by atoms with Gasteiger partial charge in [0.1, 0.15) is 0 Å². The number of nitrogens with one attached hydrogen (secondary N) is 1. The maximum atomic E-state index is 12.8. The minimum Gasteiger partial charge on any atom is -0.368 e. The number of nitrogens with zero attached hydrogens (tertiary/aromatic N) is 2. The van der Waals surface area contributed by atoms with Crippen molar-refractivity contribution in [2.75, 3.05) is 37.6 Å². The average Bonchev–Trinajstić information content (AvgIpc) is 2.73. The van der Waals surface area contributed by atoms with Crippen LogP contribution >= 0.6 is 0 Å². The first kappa shape index (κ1) is 20.4. The SMILES string of the molecule is CC(C)C[C@@H](CNO)C(=O)N1CCN(c2ccc(-c3ccccc3)cc2)CC1. The summed E-state index contributed by atoms with van der Waals surface area (Å²) in [5.41, 5.74) is 5.82. The number of carbonyl (C=O) groups is 1. The van der Waals surface area contributed by atoms with E-state index in [2.05, 4.69) is 72.8 Å². The van der Waals surface area contributed by atoms with E-state index >= 15 is 0 Å². The first-order valence-corrected chi connectivity index (χ1v) is 10.1. The number of piperazine rings is 1. The topological polar surface area (TPSA) is 55.8 Å². The Morgan fingerprint density at radius 2 is 1.57 bits per heavy atom. The van der Waals surface area contributed by atoms with E-state index in [-0.39, 0.29) is 11.8 Å². The Morgan fingerprint density at radius 1 is 0.964 bits per heavy atom. The highest BCUT2D eigenvalue weighted by atomic mass is 16.5. The van der Waals surface area contributed by atoms with Gasteiger partial charge in [-0.25, -0.2) is 5.48 Å². The molecule has 2 aromatic rings. The number of anilines is 1. The molecule has 1 heterocycles. The highest BCUT2D eigenvalue weighted by molar-refractivity contribution is 5.79. The molecule has 2 N–H and O–H groups in total. The Balaban J connectivity index is 1.58. The number of hydrogen-bond acceptors (Lipinski definition) is 4. The first-order valence-electron chi connectivity index (χ1n) is 10.1. The van der Waals surface area contributed by atoms with Crippen LogP contribution in [0.1, 0.15) is 20.3 Å². The van der Waals surface area contributed by atoms with E-state index in [4.69, 9.17) is 5.21 Å². The standard InChI is InChI=1S/C23H31N3O2/c1-18(2)16-21(17-24-28)23(27)26-14-12-25(13-15-26)22-10-8-20(9-11-22)19-6-4-3-5-7-19/h3-11,18,21,24,28H,12-17H2,1-2H3/t21-/m0/s1. The first-order chi connectivity index (χ1) is 13.6. The van der Waals surface area contributed by atoms with E-state index < -0.39 is 0 Å². The molecule has 0 spiro atoms. The minimum absolute atomic E-state index is 0.148. The molecule has 1 fully saturated rings. The third kappa shape index (κ3) is 5.12. The van der Waals surface area contributed by atoms with E-state index in [0.717, 1.165) is 32.6 Å². The van der Waals surface area contributed by atoms with Crippen molar-refractivity contribution < 1.29 is 10.0 Å². The zero-order chi connectivity index (χ0) is 19.9. The summed E-state index contributed by atoms with van der Waals surface area (Å²) in [6, 6.07) is 19.0. The molecule has 5 nitrogen and oxygen atoms in total. The van der Waals surface area contributed by atoms with Crippen LogP contribution in [-0.2, 0) is 4.79 Å². The Morgan fingerprint density at radius 3 is 2.14 bits per heavy atom. The summed E-state index contributed by atoms with van der Waals surface area (Å²) in [6.45, 7) is 7.63. The molecule has 0 radical (unpaired) electrons. The smallest absolute Gasteiger partial charge is 0.227 e. The minimum atomic E-state index is -0.165. The van der Waals surface area contributed by atoms with Crippen LogP contribution in [0.15, 0.2) is 54.6 Å². The molecular formula is C23H31N3O2. The maximum absolute atomic E-state index is 12.8. The van der Waals surface area contributed by atoms with Crippen LogP contribution in [0.5, 0.6) is 0 Å². The molecule has 0 saturated carbocycles. The van der Waals surface area contributed by atoms with Gasteiger partial charge in [-0.2, -0.15) is 0 Å². The lowest BCUT2D eigenvalue weighted by atomic mass is 9.95. The molecule has 0 aromatic heterocycles. The molecule has 1 amide bonds. The Kier molecular flexibility index (Phi) is 7.06. The molecule has 2 aromatic carbocycles. The van der Waals surface area contributed by atoms with Crippen LogP contribution < -0.4 is 10.4 Å². The van der Waals surface area contributed by atoms with E-state index in [1.54, 1.807) is 0 Å². The fourth-order valence-corrected chi connectivity index (χ4v) is 3.89. The molecule has 150 valence electrons. The van der Waals surface area contributed by atoms with Gasteiger partial charge < -0.3 is 15.0 Å². The third-order valence-corrected chi connectivity index (χ3v) is 5.37. The van der Waals surface area contributed by atoms with Crippen LogP contribution in [0, 0.1) is 11.8 Å². The van der Waals surface area contributed by atoms with Gasteiger partial charge in [0.25, 0.3) is 0 Å². The number of amides is 1. The van der Waals surface area contributed by atoms with Gasteiger partial charge in [-0.15, -0.1) is 0 Å². The largest absolute Gasteiger partial charge is 0.368 e. The summed E-state index contributed by atoms with van der Waals surface area (Å²) in [5, 5.41) is 9.06. The maximum Gasteiger partial charge on any atom is 0.227 e. The number of hydrogen-bond donors (Lipinski definition) is 2. The van der Waals surface area contributed by atoms with Gasteiger partial charge in [0, 0.05) is 38.4 Å². The van der Waals surface area contributed by atoms with Gasteiger partial charge in [-0.3, -0.25) is 4.79 Å². The molecule has 0 bridgehead atoms. The second kappa shape index (κ2) is 9.71. The molecule has 1 aliphatic heterocycles. The lowest BCUT2D eigenvalue weighted by Gasteiger charge is -2.38. The van der Waals surface area contributed by atoms with E-state index in [0.29, 0.717) is 12.5 Å². The molecule has 1 aliphatic rings. The normalized spacial score (nSPS) is 15.7. The number of rotatable bonds is 7. The van der Waals surface area contributed by atoms with E-state index in [9.17, 15) is 4.79 Å².